The zero-order chi connectivity index (χ0) is 30.5. The lowest BCUT2D eigenvalue weighted by molar-refractivity contribution is 0.477. The van der Waals surface area contributed by atoms with Crippen LogP contribution in [0.3, 0.4) is 0 Å². The molecule has 0 bridgehead atoms. The first-order chi connectivity index (χ1) is 22.7. The van der Waals surface area contributed by atoms with Crippen LogP contribution in [0, 0.1) is 13.8 Å². The maximum absolute atomic E-state index is 6.45. The number of para-hydroxylation sites is 6. The minimum atomic E-state index is 0.664. The number of fused-ring (bicyclic) bond motifs is 10. The van der Waals surface area contributed by atoms with E-state index in [1.54, 1.807) is 11.8 Å². The summed E-state index contributed by atoms with van der Waals surface area (Å²) in [6.07, 6.45) is 0. The zero-order valence-electron chi connectivity index (χ0n) is 24.8. The smallest absolute Gasteiger partial charge is 0.207 e. The molecule has 5 aromatic carbocycles. The Balaban J connectivity index is 1.40. The summed E-state index contributed by atoms with van der Waals surface area (Å²) in [5.41, 5.74) is 9.33. The molecule has 3 aromatic heterocycles. The minimum absolute atomic E-state index is 0.664. The highest BCUT2D eigenvalue weighted by atomic mass is 32.2. The second-order valence-electron chi connectivity index (χ2n) is 11.4. The van der Waals surface area contributed by atoms with E-state index in [2.05, 4.69) is 124 Å². The predicted octanol–water partition coefficient (Wildman–Crippen LogP) is 9.05. The van der Waals surface area contributed by atoms with Gasteiger partial charge in [0.1, 0.15) is 11.6 Å². The molecule has 0 aliphatic carbocycles. The lowest BCUT2D eigenvalue weighted by atomic mass is 10.1. The molecular formula is C36H24N8OS. The lowest BCUT2D eigenvalue weighted by Gasteiger charge is -2.38. The van der Waals surface area contributed by atoms with Gasteiger partial charge in [0.25, 0.3) is 0 Å². The van der Waals surface area contributed by atoms with E-state index in [0.29, 0.717) is 11.3 Å². The molecule has 8 aromatic rings. The lowest BCUT2D eigenvalue weighted by Crippen LogP contribution is -2.21. The summed E-state index contributed by atoms with van der Waals surface area (Å²) in [6.45, 7) is 3.95. The molecule has 0 N–H and O–H groups in total. The fourth-order valence-electron chi connectivity index (χ4n) is 6.79. The van der Waals surface area contributed by atoms with Crippen LogP contribution in [0.25, 0.3) is 22.3 Å². The van der Waals surface area contributed by atoms with Gasteiger partial charge < -0.3 is 14.5 Å². The van der Waals surface area contributed by atoms with Crippen molar-refractivity contribution in [3.05, 3.63) is 121 Å². The maximum Gasteiger partial charge on any atom is 0.207 e. The Kier molecular flexibility index (Phi) is 5.16. The Morgan fingerprint density at radius 3 is 1.39 bits per heavy atom. The van der Waals surface area contributed by atoms with Crippen LogP contribution >= 0.6 is 11.8 Å². The first kappa shape index (κ1) is 25.5. The molecule has 0 radical (unpaired) electrons. The van der Waals surface area contributed by atoms with E-state index in [1.165, 1.54) is 9.79 Å². The van der Waals surface area contributed by atoms with Crippen LogP contribution in [-0.2, 0) is 0 Å². The number of hydrogen-bond acceptors (Lipinski definition) is 8. The summed E-state index contributed by atoms with van der Waals surface area (Å²) in [4.78, 5) is 7.06. The first-order valence-corrected chi connectivity index (χ1v) is 15.8. The molecule has 2 aliphatic heterocycles. The molecule has 0 fully saturated rings. The SMILES string of the molecule is Cc1nnc2c3nnc(C)n3c3cc(N4c5ccccc5Sc5ccccc54)c(N4c5ccccc5Oc5ccccc54)cc3n12. The fraction of sp³-hybridized carbons (Fsp3) is 0.0556. The molecule has 0 atom stereocenters. The van der Waals surface area contributed by atoms with Crippen LogP contribution in [0.5, 0.6) is 11.5 Å². The van der Waals surface area contributed by atoms with Crippen molar-refractivity contribution in [3.63, 3.8) is 0 Å². The molecule has 5 heterocycles. The number of aromatic nitrogens is 6. The number of anilines is 6. The second kappa shape index (κ2) is 9.32. The van der Waals surface area contributed by atoms with Crippen molar-refractivity contribution in [3.8, 4) is 11.5 Å². The topological polar surface area (TPSA) is 76.1 Å². The largest absolute Gasteiger partial charge is 0.453 e. The molecule has 0 amide bonds. The van der Waals surface area contributed by atoms with Crippen molar-refractivity contribution in [2.24, 2.45) is 0 Å². The summed E-state index contributed by atoms with van der Waals surface area (Å²) in [7, 11) is 0. The van der Waals surface area contributed by atoms with E-state index >= 15 is 0 Å². The third-order valence-corrected chi connectivity index (χ3v) is 9.88. The number of ether oxygens (including phenoxy) is 1. The monoisotopic (exact) mass is 616 g/mol. The first-order valence-electron chi connectivity index (χ1n) is 15.0. The van der Waals surface area contributed by atoms with Gasteiger partial charge in [0.2, 0.25) is 11.3 Å². The molecule has 220 valence electrons. The van der Waals surface area contributed by atoms with Crippen LogP contribution < -0.4 is 14.5 Å². The minimum Gasteiger partial charge on any atom is -0.453 e. The molecule has 46 heavy (non-hydrogen) atoms. The summed E-state index contributed by atoms with van der Waals surface area (Å²) in [6, 6.07) is 38.1. The van der Waals surface area contributed by atoms with E-state index in [4.69, 9.17) is 4.74 Å². The van der Waals surface area contributed by atoms with Crippen LogP contribution in [0.1, 0.15) is 11.6 Å². The zero-order valence-corrected chi connectivity index (χ0v) is 25.6. The molecule has 0 spiro atoms. The van der Waals surface area contributed by atoms with Crippen LogP contribution in [0.2, 0.25) is 0 Å². The molecule has 10 heteroatoms. The van der Waals surface area contributed by atoms with Crippen LogP contribution in [0.4, 0.5) is 34.1 Å². The van der Waals surface area contributed by atoms with Gasteiger partial charge in [0, 0.05) is 9.79 Å². The van der Waals surface area contributed by atoms with Gasteiger partial charge in [-0.15, -0.1) is 20.4 Å². The Bertz CT molecular complexity index is 2290. The highest BCUT2D eigenvalue weighted by Crippen LogP contribution is 2.57. The summed E-state index contributed by atoms with van der Waals surface area (Å²) in [5.74, 6) is 3.13. The summed E-state index contributed by atoms with van der Waals surface area (Å²) >= 11 is 1.79. The van der Waals surface area contributed by atoms with Gasteiger partial charge in [0.05, 0.1) is 45.2 Å². The second-order valence-corrected chi connectivity index (χ2v) is 12.5. The number of nitrogens with zero attached hydrogens (tertiary/aromatic N) is 8. The normalized spacial score (nSPS) is 13.4. The van der Waals surface area contributed by atoms with Gasteiger partial charge in [-0.2, -0.15) is 0 Å². The van der Waals surface area contributed by atoms with E-state index in [1.807, 2.05) is 38.1 Å². The summed E-state index contributed by atoms with van der Waals surface area (Å²) in [5, 5.41) is 18.0. The number of aryl methyl sites for hydroxylation is 2. The maximum atomic E-state index is 6.45. The van der Waals surface area contributed by atoms with Gasteiger partial charge in [-0.05, 0) is 74.5 Å². The van der Waals surface area contributed by atoms with Crippen LogP contribution in [0.15, 0.2) is 119 Å². The predicted molar refractivity (Wildman–Crippen MR) is 180 cm³/mol. The van der Waals surface area contributed by atoms with Gasteiger partial charge >= 0.3 is 0 Å². The number of benzene rings is 5. The van der Waals surface area contributed by atoms with E-state index in [0.717, 1.165) is 68.3 Å². The van der Waals surface area contributed by atoms with E-state index < -0.39 is 0 Å². The van der Waals surface area contributed by atoms with Crippen molar-refractivity contribution >= 4 is 68.2 Å². The van der Waals surface area contributed by atoms with Gasteiger partial charge in [-0.1, -0.05) is 60.3 Å². The van der Waals surface area contributed by atoms with Crippen molar-refractivity contribution in [2.45, 2.75) is 23.6 Å². The average Bonchev–Trinajstić information content (AvgIpc) is 3.68. The molecule has 0 saturated carbocycles. The average molecular weight is 617 g/mol. The Hall–Kier alpha value is -5.87. The number of hydrogen-bond donors (Lipinski definition) is 0. The van der Waals surface area contributed by atoms with Crippen molar-refractivity contribution < 1.29 is 4.74 Å². The third kappa shape index (κ3) is 3.41. The fourth-order valence-corrected chi connectivity index (χ4v) is 7.85. The summed E-state index contributed by atoms with van der Waals surface area (Å²) < 4.78 is 10.6. The highest BCUT2D eigenvalue weighted by Gasteiger charge is 2.33. The quantitative estimate of drug-likeness (QED) is 0.190. The third-order valence-electron chi connectivity index (χ3n) is 8.75. The van der Waals surface area contributed by atoms with Crippen molar-refractivity contribution in [1.82, 2.24) is 29.2 Å². The van der Waals surface area contributed by atoms with Crippen molar-refractivity contribution in [2.75, 3.05) is 9.80 Å². The van der Waals surface area contributed by atoms with Gasteiger partial charge in [-0.3, -0.25) is 8.80 Å². The molecular weight excluding hydrogens is 593 g/mol. The van der Waals surface area contributed by atoms with Crippen molar-refractivity contribution in [1.29, 1.82) is 0 Å². The van der Waals surface area contributed by atoms with E-state index in [9.17, 15) is 0 Å². The van der Waals surface area contributed by atoms with Gasteiger partial charge in [-0.25, -0.2) is 0 Å². The molecule has 0 unspecified atom stereocenters. The Labute approximate surface area is 267 Å². The molecule has 0 saturated heterocycles. The Morgan fingerprint density at radius 1 is 0.478 bits per heavy atom. The standard InChI is InChI=1S/C36H24N8OS/c1-21-37-39-35-36-40-38-22(2)42(36)28-20-30(44-25-13-5-9-17-33(25)46-34-18-10-6-14-26(34)44)29(19-27(28)41(21)35)43-23-11-3-7-15-31(23)45-32-16-8-4-12-24(32)43/h3-20H,1-2H3. The molecule has 9 nitrogen and oxygen atoms in total. The highest BCUT2D eigenvalue weighted by molar-refractivity contribution is 7.99. The number of rotatable bonds is 2. The Morgan fingerprint density at radius 2 is 0.891 bits per heavy atom. The van der Waals surface area contributed by atoms with Gasteiger partial charge in [0.15, 0.2) is 11.5 Å². The molecule has 2 aliphatic rings. The molecule has 10 rings (SSSR count). The van der Waals surface area contributed by atoms with E-state index in [-0.39, 0.29) is 0 Å². The van der Waals surface area contributed by atoms with Crippen LogP contribution in [-0.4, -0.2) is 29.2 Å².